The molecule has 1 aliphatic rings. The molecule has 0 aliphatic carbocycles. The fourth-order valence-corrected chi connectivity index (χ4v) is 3.64. The predicted molar refractivity (Wildman–Crippen MR) is 100 cm³/mol. The number of hydrogen-bond donors (Lipinski definition) is 1. The van der Waals surface area contributed by atoms with Gasteiger partial charge in [-0.3, -0.25) is 4.90 Å². The minimum atomic E-state index is -0.363. The first-order valence-corrected chi connectivity index (χ1v) is 9.04. The van der Waals surface area contributed by atoms with Crippen LogP contribution in [0.2, 0.25) is 0 Å². The summed E-state index contributed by atoms with van der Waals surface area (Å²) in [6, 6.07) is 16.7. The SMILES string of the molecule is COCc1cc(C2CN(CC(O)Cc3ccc4ccccc4c3)C2)no1. The number of ether oxygens (including phenoxy) is 1. The van der Waals surface area contributed by atoms with Crippen LogP contribution in [0.1, 0.15) is 22.9 Å². The first-order valence-electron chi connectivity index (χ1n) is 9.04. The molecule has 1 atom stereocenters. The molecule has 1 unspecified atom stereocenters. The maximum absolute atomic E-state index is 10.4. The van der Waals surface area contributed by atoms with E-state index in [0.29, 0.717) is 25.5 Å². The molecule has 0 amide bonds. The van der Waals surface area contributed by atoms with Gasteiger partial charge in [-0.05, 0) is 22.8 Å². The molecule has 0 saturated carbocycles. The molecule has 5 heteroatoms. The molecule has 3 aromatic rings. The standard InChI is InChI=1S/C21H24N2O3/c1-25-14-20-10-21(22-26-20)18-11-23(12-18)13-19(24)9-15-6-7-16-4-2-3-5-17(16)8-15/h2-8,10,18-19,24H,9,11-14H2,1H3. The molecular formula is C21H24N2O3. The molecule has 1 aromatic heterocycles. The van der Waals surface area contributed by atoms with Gasteiger partial charge in [-0.15, -0.1) is 0 Å². The molecule has 0 bridgehead atoms. The third-order valence-corrected chi connectivity index (χ3v) is 4.99. The Bertz CT molecular complexity index is 870. The normalized spacial score (nSPS) is 16.7. The highest BCUT2D eigenvalue weighted by atomic mass is 16.5. The number of aromatic nitrogens is 1. The van der Waals surface area contributed by atoms with Crippen molar-refractivity contribution in [2.45, 2.75) is 25.0 Å². The number of benzene rings is 2. The maximum atomic E-state index is 10.4. The van der Waals surface area contributed by atoms with E-state index in [9.17, 15) is 5.11 Å². The van der Waals surface area contributed by atoms with Crippen LogP contribution in [0.25, 0.3) is 10.8 Å². The van der Waals surface area contributed by atoms with Crippen molar-refractivity contribution in [2.24, 2.45) is 0 Å². The Morgan fingerprint density at radius 2 is 2.00 bits per heavy atom. The van der Waals surface area contributed by atoms with Crippen LogP contribution in [0.5, 0.6) is 0 Å². The summed E-state index contributed by atoms with van der Waals surface area (Å²) in [7, 11) is 1.64. The number of fused-ring (bicyclic) bond motifs is 1. The van der Waals surface area contributed by atoms with Gasteiger partial charge in [0.25, 0.3) is 0 Å². The first kappa shape index (κ1) is 17.2. The van der Waals surface area contributed by atoms with Crippen LogP contribution < -0.4 is 0 Å². The van der Waals surface area contributed by atoms with E-state index in [1.807, 2.05) is 18.2 Å². The molecule has 1 saturated heterocycles. The van der Waals surface area contributed by atoms with E-state index in [-0.39, 0.29) is 6.10 Å². The summed E-state index contributed by atoms with van der Waals surface area (Å²) in [6.45, 7) is 2.96. The summed E-state index contributed by atoms with van der Waals surface area (Å²) in [5.74, 6) is 1.15. The Balaban J connectivity index is 1.28. The van der Waals surface area contributed by atoms with E-state index in [4.69, 9.17) is 9.26 Å². The fraction of sp³-hybridized carbons (Fsp3) is 0.381. The van der Waals surface area contributed by atoms with Crippen LogP contribution in [-0.2, 0) is 17.8 Å². The number of aliphatic hydroxyl groups excluding tert-OH is 1. The van der Waals surface area contributed by atoms with Crippen LogP contribution in [0.4, 0.5) is 0 Å². The largest absolute Gasteiger partial charge is 0.391 e. The van der Waals surface area contributed by atoms with E-state index in [0.717, 1.165) is 24.5 Å². The van der Waals surface area contributed by atoms with Crippen molar-refractivity contribution in [3.05, 3.63) is 65.5 Å². The summed E-state index contributed by atoms with van der Waals surface area (Å²) >= 11 is 0. The van der Waals surface area contributed by atoms with Crippen molar-refractivity contribution >= 4 is 10.8 Å². The van der Waals surface area contributed by atoms with E-state index < -0.39 is 0 Å². The molecule has 2 heterocycles. The second-order valence-corrected chi connectivity index (χ2v) is 7.11. The number of methoxy groups -OCH3 is 1. The highest BCUT2D eigenvalue weighted by Crippen LogP contribution is 2.27. The zero-order valence-electron chi connectivity index (χ0n) is 15.0. The van der Waals surface area contributed by atoms with Crippen molar-refractivity contribution in [2.75, 3.05) is 26.7 Å². The van der Waals surface area contributed by atoms with E-state index >= 15 is 0 Å². The van der Waals surface area contributed by atoms with Crippen LogP contribution >= 0.6 is 0 Å². The van der Waals surface area contributed by atoms with Crippen molar-refractivity contribution in [1.82, 2.24) is 10.1 Å². The van der Waals surface area contributed by atoms with Crippen LogP contribution in [0.15, 0.2) is 53.1 Å². The number of aliphatic hydroxyl groups is 1. The van der Waals surface area contributed by atoms with Gasteiger partial charge in [0.15, 0.2) is 5.76 Å². The molecule has 1 fully saturated rings. The summed E-state index contributed by atoms with van der Waals surface area (Å²) in [5, 5.41) is 17.0. The summed E-state index contributed by atoms with van der Waals surface area (Å²) in [6.07, 6.45) is 0.312. The van der Waals surface area contributed by atoms with Gasteiger partial charge in [0.1, 0.15) is 6.61 Å². The van der Waals surface area contributed by atoms with Gasteiger partial charge in [-0.2, -0.15) is 0 Å². The van der Waals surface area contributed by atoms with E-state index in [2.05, 4.69) is 40.4 Å². The number of likely N-dealkylation sites (tertiary alicyclic amines) is 1. The van der Waals surface area contributed by atoms with E-state index in [1.54, 1.807) is 7.11 Å². The lowest BCUT2D eigenvalue weighted by Gasteiger charge is -2.39. The van der Waals surface area contributed by atoms with Gasteiger partial charge in [0.05, 0.1) is 11.8 Å². The van der Waals surface area contributed by atoms with E-state index in [1.165, 1.54) is 16.3 Å². The minimum absolute atomic E-state index is 0.363. The Labute approximate surface area is 153 Å². The number of β-amino-alcohol motifs (C(OH)–C–C–N with tert-alkyl or cyclic N) is 1. The lowest BCUT2D eigenvalue weighted by molar-refractivity contribution is 0.0632. The third-order valence-electron chi connectivity index (χ3n) is 4.99. The quantitative estimate of drug-likeness (QED) is 0.708. The van der Waals surface area contributed by atoms with Crippen molar-refractivity contribution < 1.29 is 14.4 Å². The Kier molecular flexibility index (Phi) is 5.02. The fourth-order valence-electron chi connectivity index (χ4n) is 3.64. The second-order valence-electron chi connectivity index (χ2n) is 7.11. The van der Waals surface area contributed by atoms with Crippen LogP contribution in [0.3, 0.4) is 0 Å². The Hall–Kier alpha value is -2.21. The topological polar surface area (TPSA) is 58.7 Å². The monoisotopic (exact) mass is 352 g/mol. The average Bonchev–Trinajstić information content (AvgIpc) is 3.06. The second kappa shape index (κ2) is 7.58. The molecule has 1 aliphatic heterocycles. The molecular weight excluding hydrogens is 328 g/mol. The van der Waals surface area contributed by atoms with Crippen molar-refractivity contribution in [1.29, 1.82) is 0 Å². The van der Waals surface area contributed by atoms with Gasteiger partial charge < -0.3 is 14.4 Å². The molecule has 4 rings (SSSR count). The molecule has 1 N–H and O–H groups in total. The first-order chi connectivity index (χ1) is 12.7. The lowest BCUT2D eigenvalue weighted by atomic mass is 9.95. The molecule has 2 aromatic carbocycles. The van der Waals surface area contributed by atoms with Gasteiger partial charge in [0, 0.05) is 38.7 Å². The van der Waals surface area contributed by atoms with Gasteiger partial charge in [-0.1, -0.05) is 47.6 Å². The lowest BCUT2D eigenvalue weighted by Crippen LogP contribution is -2.48. The highest BCUT2D eigenvalue weighted by molar-refractivity contribution is 5.82. The molecule has 0 radical (unpaired) electrons. The summed E-state index contributed by atoms with van der Waals surface area (Å²) in [4.78, 5) is 2.26. The average molecular weight is 352 g/mol. The molecule has 26 heavy (non-hydrogen) atoms. The Morgan fingerprint density at radius 1 is 1.19 bits per heavy atom. The zero-order chi connectivity index (χ0) is 17.9. The summed E-state index contributed by atoms with van der Waals surface area (Å²) < 4.78 is 10.3. The van der Waals surface area contributed by atoms with Gasteiger partial charge in [0.2, 0.25) is 0 Å². The van der Waals surface area contributed by atoms with Gasteiger partial charge >= 0.3 is 0 Å². The summed E-state index contributed by atoms with van der Waals surface area (Å²) in [5.41, 5.74) is 2.16. The highest BCUT2D eigenvalue weighted by Gasteiger charge is 2.31. The van der Waals surface area contributed by atoms with Gasteiger partial charge in [-0.25, -0.2) is 0 Å². The number of rotatable bonds is 7. The zero-order valence-corrected chi connectivity index (χ0v) is 15.0. The van der Waals surface area contributed by atoms with Crippen molar-refractivity contribution in [3.8, 4) is 0 Å². The van der Waals surface area contributed by atoms with Crippen LogP contribution in [-0.4, -0.2) is 48.0 Å². The minimum Gasteiger partial charge on any atom is -0.391 e. The molecule has 136 valence electrons. The predicted octanol–water partition coefficient (Wildman–Crippen LogP) is 2.98. The maximum Gasteiger partial charge on any atom is 0.162 e. The number of hydrogen-bond acceptors (Lipinski definition) is 5. The smallest absolute Gasteiger partial charge is 0.162 e. The Morgan fingerprint density at radius 3 is 2.81 bits per heavy atom. The third kappa shape index (κ3) is 3.80. The molecule has 0 spiro atoms. The molecule has 5 nitrogen and oxygen atoms in total. The number of nitrogens with zero attached hydrogens (tertiary/aromatic N) is 2. The van der Waals surface area contributed by atoms with Crippen LogP contribution in [0, 0.1) is 0 Å². The van der Waals surface area contributed by atoms with Crippen molar-refractivity contribution in [3.63, 3.8) is 0 Å².